The van der Waals surface area contributed by atoms with Crippen LogP contribution in [0.15, 0.2) is 18.3 Å². The summed E-state index contributed by atoms with van der Waals surface area (Å²) < 4.78 is 32.4. The predicted molar refractivity (Wildman–Crippen MR) is 106 cm³/mol. The van der Waals surface area contributed by atoms with Gasteiger partial charge in [0.15, 0.2) is 0 Å². The third-order valence-electron chi connectivity index (χ3n) is 6.96. The lowest BCUT2D eigenvalue weighted by Crippen LogP contribution is -2.59. The van der Waals surface area contributed by atoms with E-state index in [-0.39, 0.29) is 23.1 Å². The molecule has 0 radical (unpaired) electrons. The SMILES string of the molecule is C[C@@H]1COC[C@H]1Oc1ccc2ncc(F)c(CCC34CCC(N)(CC3)CO4)c2n1. The number of nitrogens with zero attached hydrogens (tertiary/aromatic N) is 2. The summed E-state index contributed by atoms with van der Waals surface area (Å²) in [6.07, 6.45) is 6.41. The molecule has 7 heteroatoms. The van der Waals surface area contributed by atoms with Crippen LogP contribution in [-0.4, -0.2) is 47.0 Å². The van der Waals surface area contributed by atoms with Gasteiger partial charge in [0.25, 0.3) is 0 Å². The second-order valence-electron chi connectivity index (χ2n) is 9.11. The van der Waals surface area contributed by atoms with Crippen molar-refractivity contribution < 1.29 is 18.6 Å². The summed E-state index contributed by atoms with van der Waals surface area (Å²) in [6, 6.07) is 3.65. The van der Waals surface area contributed by atoms with Gasteiger partial charge in [0, 0.05) is 23.1 Å². The van der Waals surface area contributed by atoms with E-state index < -0.39 is 0 Å². The van der Waals surface area contributed by atoms with Crippen molar-refractivity contribution in [1.29, 1.82) is 0 Å². The molecular weight excluding hydrogens is 373 g/mol. The van der Waals surface area contributed by atoms with Crippen molar-refractivity contribution in [3.63, 3.8) is 0 Å². The summed E-state index contributed by atoms with van der Waals surface area (Å²) in [4.78, 5) is 8.84. The predicted octanol–water partition coefficient (Wildman–Crippen LogP) is 3.16. The van der Waals surface area contributed by atoms with Crippen LogP contribution in [0.3, 0.4) is 0 Å². The Balaban J connectivity index is 1.39. The van der Waals surface area contributed by atoms with Crippen molar-refractivity contribution in [3.8, 4) is 5.88 Å². The summed E-state index contributed by atoms with van der Waals surface area (Å²) in [5.74, 6) is 0.475. The lowest BCUT2D eigenvalue weighted by Gasteiger charge is -2.51. The molecule has 156 valence electrons. The molecule has 29 heavy (non-hydrogen) atoms. The van der Waals surface area contributed by atoms with Gasteiger partial charge in [0.1, 0.15) is 11.9 Å². The van der Waals surface area contributed by atoms with E-state index in [9.17, 15) is 4.39 Å². The lowest BCUT2D eigenvalue weighted by molar-refractivity contribution is -0.156. The van der Waals surface area contributed by atoms with Crippen molar-refractivity contribution in [2.45, 2.75) is 62.7 Å². The third kappa shape index (κ3) is 3.60. The number of rotatable bonds is 5. The summed E-state index contributed by atoms with van der Waals surface area (Å²) in [7, 11) is 0. The van der Waals surface area contributed by atoms with Crippen molar-refractivity contribution in [1.82, 2.24) is 9.97 Å². The molecule has 1 saturated carbocycles. The smallest absolute Gasteiger partial charge is 0.214 e. The molecule has 0 unspecified atom stereocenters. The molecule has 2 bridgehead atoms. The molecule has 2 aromatic heterocycles. The van der Waals surface area contributed by atoms with Gasteiger partial charge in [-0.3, -0.25) is 4.98 Å². The van der Waals surface area contributed by atoms with Crippen LogP contribution in [0.25, 0.3) is 11.0 Å². The molecule has 1 aliphatic carbocycles. The molecule has 4 aliphatic rings. The van der Waals surface area contributed by atoms with Crippen LogP contribution in [0.1, 0.15) is 44.6 Å². The topological polar surface area (TPSA) is 79.5 Å². The van der Waals surface area contributed by atoms with Crippen LogP contribution in [0.5, 0.6) is 5.88 Å². The molecular formula is C22H28FN3O3. The zero-order valence-corrected chi connectivity index (χ0v) is 16.8. The number of nitrogens with two attached hydrogens (primary N) is 1. The molecule has 3 saturated heterocycles. The minimum atomic E-state index is -0.323. The maximum atomic E-state index is 14.7. The van der Waals surface area contributed by atoms with Crippen LogP contribution in [0, 0.1) is 11.7 Å². The molecule has 0 aromatic carbocycles. The molecule has 3 aliphatic heterocycles. The fraction of sp³-hybridized carbons (Fsp3) is 0.636. The summed E-state index contributed by atoms with van der Waals surface area (Å²) >= 11 is 0. The number of aryl methyl sites for hydroxylation is 1. The third-order valence-corrected chi connectivity index (χ3v) is 6.96. The van der Waals surface area contributed by atoms with Crippen LogP contribution in [0.2, 0.25) is 0 Å². The van der Waals surface area contributed by atoms with Crippen molar-refractivity contribution in [3.05, 3.63) is 29.7 Å². The fourth-order valence-electron chi connectivity index (χ4n) is 4.79. The Labute approximate surface area is 169 Å². The van der Waals surface area contributed by atoms with E-state index in [0.717, 1.165) is 32.1 Å². The Hall–Kier alpha value is -1.83. The first-order valence-corrected chi connectivity index (χ1v) is 10.6. The summed E-state index contributed by atoms with van der Waals surface area (Å²) in [5, 5.41) is 0. The van der Waals surface area contributed by atoms with Gasteiger partial charge in [-0.1, -0.05) is 6.92 Å². The highest BCUT2D eigenvalue weighted by molar-refractivity contribution is 5.78. The van der Waals surface area contributed by atoms with Crippen LogP contribution >= 0.6 is 0 Å². The average molecular weight is 401 g/mol. The molecule has 2 atom stereocenters. The van der Waals surface area contributed by atoms with E-state index in [1.165, 1.54) is 6.20 Å². The van der Waals surface area contributed by atoms with E-state index in [2.05, 4.69) is 16.9 Å². The molecule has 0 spiro atoms. The number of aromatic nitrogens is 2. The number of halogens is 1. The van der Waals surface area contributed by atoms with E-state index in [1.54, 1.807) is 6.07 Å². The van der Waals surface area contributed by atoms with Gasteiger partial charge >= 0.3 is 0 Å². The molecule has 2 aromatic rings. The molecule has 6 nitrogen and oxygen atoms in total. The number of hydrogen-bond donors (Lipinski definition) is 1. The first-order valence-electron chi connectivity index (χ1n) is 10.6. The van der Waals surface area contributed by atoms with Crippen molar-refractivity contribution in [2.24, 2.45) is 11.7 Å². The first-order chi connectivity index (χ1) is 14.0. The van der Waals surface area contributed by atoms with Gasteiger partial charge in [0.05, 0.1) is 42.7 Å². The minimum absolute atomic E-state index is 0.0294. The van der Waals surface area contributed by atoms with Crippen LogP contribution in [-0.2, 0) is 15.9 Å². The summed E-state index contributed by atoms with van der Waals surface area (Å²) in [6.45, 7) is 3.93. The largest absolute Gasteiger partial charge is 0.471 e. The lowest BCUT2D eigenvalue weighted by atomic mass is 9.70. The van der Waals surface area contributed by atoms with Crippen LogP contribution in [0.4, 0.5) is 4.39 Å². The average Bonchev–Trinajstić information content (AvgIpc) is 3.13. The number of pyridine rings is 2. The fourth-order valence-corrected chi connectivity index (χ4v) is 4.79. The maximum absolute atomic E-state index is 14.7. The Bertz CT molecular complexity index is 897. The Morgan fingerprint density at radius 2 is 2.07 bits per heavy atom. The maximum Gasteiger partial charge on any atom is 0.214 e. The zero-order valence-electron chi connectivity index (χ0n) is 16.8. The Morgan fingerprint density at radius 3 is 2.76 bits per heavy atom. The highest BCUT2D eigenvalue weighted by Gasteiger charge is 2.47. The van der Waals surface area contributed by atoms with E-state index in [1.807, 2.05) is 6.07 Å². The van der Waals surface area contributed by atoms with Gasteiger partial charge < -0.3 is 19.9 Å². The van der Waals surface area contributed by atoms with E-state index in [4.69, 9.17) is 19.9 Å². The van der Waals surface area contributed by atoms with Crippen molar-refractivity contribution in [2.75, 3.05) is 19.8 Å². The normalized spacial score (nSPS) is 34.0. The summed E-state index contributed by atoms with van der Waals surface area (Å²) in [5.41, 5.74) is 7.82. The van der Waals surface area contributed by atoms with E-state index >= 15 is 0 Å². The quantitative estimate of drug-likeness (QED) is 0.829. The van der Waals surface area contributed by atoms with Crippen LogP contribution < -0.4 is 10.5 Å². The second kappa shape index (κ2) is 7.15. The molecule has 6 rings (SSSR count). The highest BCUT2D eigenvalue weighted by atomic mass is 19.1. The number of ether oxygens (including phenoxy) is 3. The second-order valence-corrected chi connectivity index (χ2v) is 9.11. The monoisotopic (exact) mass is 401 g/mol. The molecule has 0 amide bonds. The van der Waals surface area contributed by atoms with Gasteiger partial charge in [-0.2, -0.15) is 0 Å². The number of hydrogen-bond acceptors (Lipinski definition) is 6. The molecule has 2 N–H and O–H groups in total. The number of fused-ring (bicyclic) bond motifs is 4. The van der Waals surface area contributed by atoms with Gasteiger partial charge in [-0.25, -0.2) is 9.37 Å². The Kier molecular flexibility index (Phi) is 4.72. The van der Waals surface area contributed by atoms with Gasteiger partial charge in [-0.15, -0.1) is 0 Å². The minimum Gasteiger partial charge on any atom is -0.471 e. The van der Waals surface area contributed by atoms with Gasteiger partial charge in [0.2, 0.25) is 5.88 Å². The van der Waals surface area contributed by atoms with Gasteiger partial charge in [-0.05, 0) is 44.6 Å². The van der Waals surface area contributed by atoms with Crippen molar-refractivity contribution >= 4 is 11.0 Å². The van der Waals surface area contributed by atoms with E-state index in [0.29, 0.717) is 54.6 Å². The Morgan fingerprint density at radius 1 is 1.24 bits per heavy atom. The standard InChI is InChI=1S/C22H28FN3O3/c1-14-11-27-12-18(14)29-19-3-2-17-20(26-19)15(16(23)10-25-17)4-5-22-8-6-21(24,7-9-22)13-28-22/h2-3,10,14,18H,4-9,11-13,24H2,1H3/t14-,18-,21?,22?/m1/s1. The molecule has 4 fully saturated rings. The first kappa shape index (κ1) is 19.2. The highest BCUT2D eigenvalue weighted by Crippen LogP contribution is 2.45. The zero-order chi connectivity index (χ0) is 20.1. The molecule has 5 heterocycles.